The fourth-order valence-electron chi connectivity index (χ4n) is 0.669. The third-order valence-electron chi connectivity index (χ3n) is 1.15. The molecule has 66 valence electrons. The highest BCUT2D eigenvalue weighted by Crippen LogP contribution is 1.90. The van der Waals surface area contributed by atoms with Crippen LogP contribution in [-0.4, -0.2) is 16.2 Å². The number of rotatable bonds is 2. The fraction of sp³-hybridized carbons (Fsp3) is 0.143. The summed E-state index contributed by atoms with van der Waals surface area (Å²) in [6.45, 7) is 0.260. The van der Waals surface area contributed by atoms with E-state index in [9.17, 15) is 4.79 Å². The van der Waals surface area contributed by atoms with Crippen molar-refractivity contribution in [1.82, 2.24) is 10.3 Å². The molecule has 0 spiro atoms. The molecule has 5 heteroatoms. The Morgan fingerprint density at radius 3 is 2.83 bits per heavy atom. The zero-order valence-corrected chi connectivity index (χ0v) is 7.04. The second-order valence-corrected chi connectivity index (χ2v) is 1.98. The van der Waals surface area contributed by atoms with Crippen LogP contribution in [0.2, 0.25) is 0 Å². The number of halogens is 1. The van der Waals surface area contributed by atoms with Crippen LogP contribution in [0.3, 0.4) is 0 Å². The fourth-order valence-corrected chi connectivity index (χ4v) is 0.669. The van der Waals surface area contributed by atoms with Crippen molar-refractivity contribution in [2.24, 2.45) is 0 Å². The summed E-state index contributed by atoms with van der Waals surface area (Å²) < 4.78 is 0. The minimum Gasteiger partial charge on any atom is -0.465 e. The number of amides is 1. The minimum absolute atomic E-state index is 0. The first-order valence-electron chi connectivity index (χ1n) is 3.16. The van der Waals surface area contributed by atoms with E-state index in [0.717, 1.165) is 5.69 Å². The van der Waals surface area contributed by atoms with E-state index in [2.05, 4.69) is 10.3 Å². The predicted octanol–water partition coefficient (Wildman–Crippen LogP) is 1.27. The molecule has 0 bridgehead atoms. The molecule has 1 rings (SSSR count). The molecule has 1 amide bonds. The predicted molar refractivity (Wildman–Crippen MR) is 46.3 cm³/mol. The van der Waals surface area contributed by atoms with Crippen molar-refractivity contribution in [3.8, 4) is 0 Å². The van der Waals surface area contributed by atoms with Gasteiger partial charge < -0.3 is 10.4 Å². The Bertz CT molecular complexity index is 240. The summed E-state index contributed by atoms with van der Waals surface area (Å²) in [6, 6.07) is 5.35. The Balaban J connectivity index is 0.00000121. The van der Waals surface area contributed by atoms with E-state index in [4.69, 9.17) is 5.11 Å². The maximum Gasteiger partial charge on any atom is 0.404 e. The van der Waals surface area contributed by atoms with Crippen LogP contribution in [0.25, 0.3) is 0 Å². The summed E-state index contributed by atoms with van der Waals surface area (Å²) in [4.78, 5) is 14.0. The van der Waals surface area contributed by atoms with Gasteiger partial charge in [-0.05, 0) is 12.1 Å². The van der Waals surface area contributed by atoms with Gasteiger partial charge >= 0.3 is 6.09 Å². The van der Waals surface area contributed by atoms with Crippen LogP contribution in [0.15, 0.2) is 24.4 Å². The molecule has 0 fully saturated rings. The van der Waals surface area contributed by atoms with Crippen LogP contribution < -0.4 is 5.32 Å². The number of pyridine rings is 1. The van der Waals surface area contributed by atoms with Crippen molar-refractivity contribution in [2.45, 2.75) is 6.54 Å². The summed E-state index contributed by atoms with van der Waals surface area (Å²) in [5.74, 6) is 0. The number of nitrogens with one attached hydrogen (secondary N) is 1. The number of carboxylic acid groups (broad SMARTS) is 1. The average molecular weight is 189 g/mol. The molecule has 2 N–H and O–H groups in total. The van der Waals surface area contributed by atoms with Gasteiger partial charge in [0.1, 0.15) is 0 Å². The molecular formula is C7H9ClN2O2. The molecule has 0 aliphatic rings. The zero-order valence-electron chi connectivity index (χ0n) is 6.23. The van der Waals surface area contributed by atoms with Gasteiger partial charge in [0.2, 0.25) is 0 Å². The number of hydrogen-bond donors (Lipinski definition) is 2. The second-order valence-electron chi connectivity index (χ2n) is 1.98. The smallest absolute Gasteiger partial charge is 0.404 e. The average Bonchev–Trinajstić information content (AvgIpc) is 2.03. The van der Waals surface area contributed by atoms with Crippen molar-refractivity contribution in [3.05, 3.63) is 30.1 Å². The maximum absolute atomic E-state index is 10.0. The first-order chi connectivity index (χ1) is 5.29. The molecule has 0 unspecified atom stereocenters. The third kappa shape index (κ3) is 3.78. The van der Waals surface area contributed by atoms with Crippen molar-refractivity contribution < 1.29 is 9.90 Å². The van der Waals surface area contributed by atoms with Crippen molar-refractivity contribution >= 4 is 18.5 Å². The van der Waals surface area contributed by atoms with Gasteiger partial charge in [0.25, 0.3) is 0 Å². The van der Waals surface area contributed by atoms with Gasteiger partial charge in [-0.1, -0.05) is 6.07 Å². The third-order valence-corrected chi connectivity index (χ3v) is 1.15. The quantitative estimate of drug-likeness (QED) is 0.735. The van der Waals surface area contributed by atoms with E-state index in [1.54, 1.807) is 18.3 Å². The Kier molecular flexibility index (Phi) is 4.79. The number of aromatic nitrogens is 1. The van der Waals surface area contributed by atoms with Gasteiger partial charge in [0, 0.05) is 6.20 Å². The van der Waals surface area contributed by atoms with Gasteiger partial charge in [-0.25, -0.2) is 4.79 Å². The minimum atomic E-state index is -1.03. The van der Waals surface area contributed by atoms with Crippen LogP contribution in [0.4, 0.5) is 4.79 Å². The highest BCUT2D eigenvalue weighted by atomic mass is 35.5. The zero-order chi connectivity index (χ0) is 8.10. The van der Waals surface area contributed by atoms with Gasteiger partial charge in [0.15, 0.2) is 0 Å². The van der Waals surface area contributed by atoms with Crippen molar-refractivity contribution in [3.63, 3.8) is 0 Å². The Hall–Kier alpha value is -1.29. The molecule has 0 saturated carbocycles. The SMILES string of the molecule is Cl.O=C(O)NCc1ccccn1. The van der Waals surface area contributed by atoms with Gasteiger partial charge in [-0.15, -0.1) is 12.4 Å². The maximum atomic E-state index is 10.0. The van der Waals surface area contributed by atoms with E-state index in [1.807, 2.05) is 6.07 Å². The normalized spacial score (nSPS) is 8.33. The van der Waals surface area contributed by atoms with Crippen LogP contribution in [-0.2, 0) is 6.54 Å². The van der Waals surface area contributed by atoms with Crippen LogP contribution in [0.5, 0.6) is 0 Å². The van der Waals surface area contributed by atoms with Gasteiger partial charge in [0.05, 0.1) is 12.2 Å². The molecule has 0 aliphatic carbocycles. The Labute approximate surface area is 76.0 Å². The summed E-state index contributed by atoms with van der Waals surface area (Å²) in [5, 5.41) is 10.5. The summed E-state index contributed by atoms with van der Waals surface area (Å²) >= 11 is 0. The summed E-state index contributed by atoms with van der Waals surface area (Å²) in [5.41, 5.74) is 0.718. The molecule has 1 heterocycles. The molecule has 0 aliphatic heterocycles. The Morgan fingerprint density at radius 1 is 1.58 bits per heavy atom. The first-order valence-corrected chi connectivity index (χ1v) is 3.16. The van der Waals surface area contributed by atoms with E-state index < -0.39 is 6.09 Å². The summed E-state index contributed by atoms with van der Waals surface area (Å²) in [7, 11) is 0. The molecule has 4 nitrogen and oxygen atoms in total. The highest BCUT2D eigenvalue weighted by molar-refractivity contribution is 5.85. The number of nitrogens with zero attached hydrogens (tertiary/aromatic N) is 1. The number of hydrogen-bond acceptors (Lipinski definition) is 2. The lowest BCUT2D eigenvalue weighted by Gasteiger charge is -1.97. The van der Waals surface area contributed by atoms with Crippen LogP contribution >= 0.6 is 12.4 Å². The number of carbonyl (C=O) groups is 1. The highest BCUT2D eigenvalue weighted by Gasteiger charge is 1.94. The van der Waals surface area contributed by atoms with E-state index in [-0.39, 0.29) is 19.0 Å². The lowest BCUT2D eigenvalue weighted by Crippen LogP contribution is -2.20. The standard InChI is InChI=1S/C7H8N2O2.ClH/c10-7(11)9-5-6-3-1-2-4-8-6;/h1-4,9H,5H2,(H,10,11);1H. The monoisotopic (exact) mass is 188 g/mol. The molecule has 12 heavy (non-hydrogen) atoms. The topological polar surface area (TPSA) is 62.2 Å². The van der Waals surface area contributed by atoms with Crippen molar-refractivity contribution in [1.29, 1.82) is 0 Å². The van der Waals surface area contributed by atoms with E-state index in [1.165, 1.54) is 0 Å². The second kappa shape index (κ2) is 5.37. The molecule has 1 aromatic rings. The lowest BCUT2D eigenvalue weighted by molar-refractivity contribution is 0.194. The van der Waals surface area contributed by atoms with Crippen molar-refractivity contribution in [2.75, 3.05) is 0 Å². The molecule has 0 atom stereocenters. The molecule has 0 radical (unpaired) electrons. The molecule has 0 aromatic carbocycles. The molecular weight excluding hydrogens is 180 g/mol. The van der Waals surface area contributed by atoms with Gasteiger partial charge in [-0.3, -0.25) is 4.98 Å². The molecule has 0 saturated heterocycles. The first kappa shape index (κ1) is 10.7. The van der Waals surface area contributed by atoms with Crippen LogP contribution in [0.1, 0.15) is 5.69 Å². The lowest BCUT2D eigenvalue weighted by atomic mass is 10.3. The van der Waals surface area contributed by atoms with E-state index >= 15 is 0 Å². The largest absolute Gasteiger partial charge is 0.465 e. The Morgan fingerprint density at radius 2 is 2.33 bits per heavy atom. The van der Waals surface area contributed by atoms with Crippen LogP contribution in [0, 0.1) is 0 Å². The van der Waals surface area contributed by atoms with Gasteiger partial charge in [-0.2, -0.15) is 0 Å². The summed E-state index contributed by atoms with van der Waals surface area (Å²) in [6.07, 6.45) is 0.592. The molecule has 1 aromatic heterocycles. The van der Waals surface area contributed by atoms with E-state index in [0.29, 0.717) is 0 Å².